The van der Waals surface area contributed by atoms with E-state index in [-0.39, 0.29) is 11.6 Å². The maximum Gasteiger partial charge on any atom is 0.0726 e. The second-order valence-corrected chi connectivity index (χ2v) is 7.75. The van der Waals surface area contributed by atoms with Crippen LogP contribution in [0.1, 0.15) is 64.2 Å². The molecule has 0 heterocycles. The Hall–Kier alpha value is -0.0800. The van der Waals surface area contributed by atoms with E-state index in [9.17, 15) is 5.11 Å². The third kappa shape index (κ3) is 2.47. The van der Waals surface area contributed by atoms with Crippen molar-refractivity contribution in [1.29, 1.82) is 0 Å². The van der Waals surface area contributed by atoms with Crippen LogP contribution in [0, 0.1) is 17.8 Å². The van der Waals surface area contributed by atoms with Gasteiger partial charge in [-0.1, -0.05) is 25.7 Å². The number of likely N-dealkylation sites (N-methyl/N-ethyl adjacent to an activating group) is 1. The van der Waals surface area contributed by atoms with Gasteiger partial charge in [0, 0.05) is 5.54 Å². The van der Waals surface area contributed by atoms with Crippen LogP contribution in [0.25, 0.3) is 0 Å². The first-order valence-electron chi connectivity index (χ1n) is 8.47. The predicted molar refractivity (Wildman–Crippen MR) is 79.1 cm³/mol. The van der Waals surface area contributed by atoms with Gasteiger partial charge in [-0.25, -0.2) is 0 Å². The minimum absolute atomic E-state index is 0.0834. The summed E-state index contributed by atoms with van der Waals surface area (Å²) in [6.07, 6.45) is 13.1. The Kier molecular flexibility index (Phi) is 3.92. The van der Waals surface area contributed by atoms with Crippen molar-refractivity contribution >= 4 is 0 Å². The summed E-state index contributed by atoms with van der Waals surface area (Å²) in [6.45, 7) is 0. The Morgan fingerprint density at radius 1 is 1.11 bits per heavy atom. The van der Waals surface area contributed by atoms with E-state index in [2.05, 4.69) is 19.0 Å². The van der Waals surface area contributed by atoms with Gasteiger partial charge in [-0.3, -0.25) is 0 Å². The zero-order chi connectivity index (χ0) is 13.5. The van der Waals surface area contributed by atoms with E-state index in [1.54, 1.807) is 0 Å². The van der Waals surface area contributed by atoms with Crippen LogP contribution in [0.2, 0.25) is 0 Å². The van der Waals surface area contributed by atoms with Gasteiger partial charge in [-0.15, -0.1) is 0 Å². The largest absolute Gasteiger partial charge is 0.391 e. The third-order valence-corrected chi connectivity index (χ3v) is 6.64. The van der Waals surface area contributed by atoms with E-state index in [1.807, 2.05) is 0 Å². The highest BCUT2D eigenvalue weighted by Crippen LogP contribution is 2.51. The lowest BCUT2D eigenvalue weighted by Crippen LogP contribution is -2.55. The second kappa shape index (κ2) is 5.37. The number of hydrogen-bond acceptors (Lipinski definition) is 2. The molecular formula is C17H31NO. The molecule has 3 fully saturated rings. The highest BCUT2D eigenvalue weighted by atomic mass is 16.3. The summed E-state index contributed by atoms with van der Waals surface area (Å²) in [5.74, 6) is 2.78. The van der Waals surface area contributed by atoms with Crippen molar-refractivity contribution in [2.75, 3.05) is 14.1 Å². The minimum atomic E-state index is -0.104. The van der Waals surface area contributed by atoms with Gasteiger partial charge in [-0.2, -0.15) is 0 Å². The molecule has 3 aliphatic carbocycles. The van der Waals surface area contributed by atoms with Gasteiger partial charge >= 0.3 is 0 Å². The maximum atomic E-state index is 10.9. The van der Waals surface area contributed by atoms with Crippen LogP contribution in [-0.4, -0.2) is 35.7 Å². The molecule has 0 aromatic carbocycles. The van der Waals surface area contributed by atoms with E-state index in [0.717, 1.165) is 24.2 Å². The first-order chi connectivity index (χ1) is 9.12. The Morgan fingerprint density at radius 2 is 1.84 bits per heavy atom. The Balaban J connectivity index is 1.65. The Labute approximate surface area is 118 Å². The van der Waals surface area contributed by atoms with Gasteiger partial charge in [-0.05, 0) is 70.4 Å². The van der Waals surface area contributed by atoms with Gasteiger partial charge < -0.3 is 10.0 Å². The molecule has 0 radical (unpaired) electrons. The first kappa shape index (κ1) is 13.9. The van der Waals surface area contributed by atoms with Crippen molar-refractivity contribution in [3.05, 3.63) is 0 Å². The molecule has 4 atom stereocenters. The number of rotatable bonds is 4. The number of fused-ring (bicyclic) bond motifs is 2. The molecule has 4 unspecified atom stereocenters. The fraction of sp³-hybridized carbons (Fsp3) is 1.00. The molecule has 19 heavy (non-hydrogen) atoms. The van der Waals surface area contributed by atoms with Crippen LogP contribution in [0.5, 0.6) is 0 Å². The molecule has 0 saturated heterocycles. The molecule has 0 aromatic rings. The highest BCUT2D eigenvalue weighted by Gasteiger charge is 2.45. The summed E-state index contributed by atoms with van der Waals surface area (Å²) in [5.41, 5.74) is 0.0834. The van der Waals surface area contributed by atoms with Gasteiger partial charge in [0.15, 0.2) is 0 Å². The lowest BCUT2D eigenvalue weighted by atomic mass is 9.72. The van der Waals surface area contributed by atoms with Gasteiger partial charge in [0.2, 0.25) is 0 Å². The lowest BCUT2D eigenvalue weighted by molar-refractivity contribution is -0.0465. The predicted octanol–water partition coefficient (Wildman–Crippen LogP) is 3.44. The smallest absolute Gasteiger partial charge is 0.0726 e. The van der Waals surface area contributed by atoms with Crippen molar-refractivity contribution in [3.63, 3.8) is 0 Å². The molecule has 3 aliphatic rings. The molecule has 0 spiro atoms. The van der Waals surface area contributed by atoms with Gasteiger partial charge in [0.25, 0.3) is 0 Å². The zero-order valence-corrected chi connectivity index (χ0v) is 12.8. The van der Waals surface area contributed by atoms with Crippen molar-refractivity contribution in [2.45, 2.75) is 75.9 Å². The summed E-state index contributed by atoms with van der Waals surface area (Å²) in [7, 11) is 4.35. The molecule has 2 nitrogen and oxygen atoms in total. The molecular weight excluding hydrogens is 234 g/mol. The van der Waals surface area contributed by atoms with Crippen molar-refractivity contribution in [2.24, 2.45) is 17.8 Å². The van der Waals surface area contributed by atoms with E-state index >= 15 is 0 Å². The molecule has 3 rings (SSSR count). The molecule has 0 aliphatic heterocycles. The van der Waals surface area contributed by atoms with Gasteiger partial charge in [0.1, 0.15) is 0 Å². The van der Waals surface area contributed by atoms with Crippen LogP contribution in [-0.2, 0) is 0 Å². The molecule has 2 bridgehead atoms. The number of nitrogens with zero attached hydrogens (tertiary/aromatic N) is 1. The molecule has 3 saturated carbocycles. The molecule has 1 N–H and O–H groups in total. The summed E-state index contributed by atoms with van der Waals surface area (Å²) in [5, 5.41) is 10.9. The van der Waals surface area contributed by atoms with E-state index in [0.29, 0.717) is 0 Å². The summed E-state index contributed by atoms with van der Waals surface area (Å²) in [6, 6.07) is 0. The first-order valence-corrected chi connectivity index (χ1v) is 8.47. The van der Waals surface area contributed by atoms with Gasteiger partial charge in [0.05, 0.1) is 6.10 Å². The van der Waals surface area contributed by atoms with Crippen molar-refractivity contribution < 1.29 is 5.11 Å². The molecule has 110 valence electrons. The van der Waals surface area contributed by atoms with Crippen LogP contribution in [0.3, 0.4) is 0 Å². The maximum absolute atomic E-state index is 10.9. The minimum Gasteiger partial charge on any atom is -0.391 e. The average molecular weight is 265 g/mol. The number of aliphatic hydroxyl groups is 1. The van der Waals surface area contributed by atoms with Crippen molar-refractivity contribution in [1.82, 2.24) is 4.90 Å². The highest BCUT2D eigenvalue weighted by molar-refractivity contribution is 5.00. The average Bonchev–Trinajstić information content (AvgIpc) is 3.01. The van der Waals surface area contributed by atoms with E-state index < -0.39 is 0 Å². The van der Waals surface area contributed by atoms with Crippen molar-refractivity contribution in [3.8, 4) is 0 Å². The molecule has 0 aromatic heterocycles. The SMILES string of the molecule is CN(C)C1(C(O)CC2CC3CCC2C3)CCCCC1. The molecule has 2 heteroatoms. The molecule has 0 amide bonds. The monoisotopic (exact) mass is 265 g/mol. The van der Waals surface area contributed by atoms with E-state index in [4.69, 9.17) is 0 Å². The van der Waals surface area contributed by atoms with E-state index in [1.165, 1.54) is 57.8 Å². The standard InChI is InChI=1S/C17H31NO/c1-18(2)17(8-4-3-5-9-17)16(19)12-15-11-13-6-7-14(15)10-13/h13-16,19H,3-12H2,1-2H3. The summed E-state index contributed by atoms with van der Waals surface area (Å²) in [4.78, 5) is 2.34. The van der Waals surface area contributed by atoms with Crippen LogP contribution in [0.4, 0.5) is 0 Å². The van der Waals surface area contributed by atoms with Crippen LogP contribution < -0.4 is 0 Å². The number of hydrogen-bond donors (Lipinski definition) is 1. The quantitative estimate of drug-likeness (QED) is 0.841. The van der Waals surface area contributed by atoms with Crippen LogP contribution >= 0.6 is 0 Å². The third-order valence-electron chi connectivity index (χ3n) is 6.64. The lowest BCUT2D eigenvalue weighted by Gasteiger charge is -2.47. The summed E-state index contributed by atoms with van der Waals surface area (Å²) < 4.78 is 0. The Morgan fingerprint density at radius 3 is 2.37 bits per heavy atom. The van der Waals surface area contributed by atoms with Crippen LogP contribution in [0.15, 0.2) is 0 Å². The normalized spacial score (nSPS) is 38.8. The number of aliphatic hydroxyl groups excluding tert-OH is 1. The second-order valence-electron chi connectivity index (χ2n) is 7.75. The summed E-state index contributed by atoms with van der Waals surface area (Å²) >= 11 is 0. The topological polar surface area (TPSA) is 23.5 Å². The Bertz CT molecular complexity index is 308. The fourth-order valence-electron chi connectivity index (χ4n) is 5.41. The zero-order valence-electron chi connectivity index (χ0n) is 12.8. The fourth-order valence-corrected chi connectivity index (χ4v) is 5.41.